The van der Waals surface area contributed by atoms with Crippen LogP contribution in [0.5, 0.6) is 5.75 Å². The number of benzene rings is 1. The number of amides is 1. The maximum atomic E-state index is 11.2. The van der Waals surface area contributed by atoms with E-state index in [1.54, 1.807) is 24.3 Å². The lowest BCUT2D eigenvalue weighted by molar-refractivity contribution is -0.114. The van der Waals surface area contributed by atoms with Gasteiger partial charge in [0.2, 0.25) is 5.91 Å². The van der Waals surface area contributed by atoms with Crippen LogP contribution in [0.4, 0.5) is 5.69 Å². The molecule has 12 heavy (non-hydrogen) atoms. The molecular weight excluding hydrogens is 154 g/mol. The van der Waals surface area contributed by atoms with Crippen molar-refractivity contribution in [2.75, 3.05) is 12.4 Å². The molecule has 0 aliphatic carbocycles. The Morgan fingerprint density at radius 3 is 3.00 bits per heavy atom. The molecule has 0 saturated heterocycles. The molecule has 0 bridgehead atoms. The number of ether oxygens (including phenoxy) is 1. The second-order valence-electron chi connectivity index (χ2n) is 2.15. The molecule has 1 aromatic carbocycles. The molecule has 0 aliphatic rings. The highest BCUT2D eigenvalue weighted by Crippen LogP contribution is 2.22. The molecule has 1 rings (SSSR count). The lowest BCUT2D eigenvalue weighted by Gasteiger charge is -2.07. The van der Waals surface area contributed by atoms with E-state index in [2.05, 4.69) is 5.32 Å². The van der Waals surface area contributed by atoms with Crippen LogP contribution in [0.2, 0.25) is 0 Å². The summed E-state index contributed by atoms with van der Waals surface area (Å²) in [7, 11) is 1.44. The van der Waals surface area contributed by atoms with Crippen LogP contribution in [0, 0.1) is 0 Å². The number of para-hydroxylation sites is 2. The molecule has 1 N–H and O–H groups in total. The minimum absolute atomic E-state index is 0.348. The molecular formula is C9H11NO2. The van der Waals surface area contributed by atoms with Crippen molar-refractivity contribution in [3.05, 3.63) is 24.3 Å². The van der Waals surface area contributed by atoms with E-state index in [1.165, 1.54) is 7.11 Å². The number of nitrogens with one attached hydrogen (secondary N) is 1. The highest BCUT2D eigenvalue weighted by atomic mass is 16.5. The lowest BCUT2D eigenvalue weighted by atomic mass is 10.3. The van der Waals surface area contributed by atoms with Crippen molar-refractivity contribution < 1.29 is 13.6 Å². The van der Waals surface area contributed by atoms with Gasteiger partial charge in [-0.1, -0.05) is 12.1 Å². The van der Waals surface area contributed by atoms with Gasteiger partial charge in [-0.3, -0.25) is 4.79 Å². The number of carbonyl (C=O) groups excluding carboxylic acids is 1. The second-order valence-corrected chi connectivity index (χ2v) is 2.15. The van der Waals surface area contributed by atoms with E-state index < -0.39 is 12.8 Å². The third-order valence-electron chi connectivity index (χ3n) is 1.36. The van der Waals surface area contributed by atoms with Crippen molar-refractivity contribution in [2.24, 2.45) is 0 Å². The fraction of sp³-hybridized carbons (Fsp3) is 0.222. The number of carbonyl (C=O) groups is 1. The van der Waals surface area contributed by atoms with Crippen LogP contribution in [0.1, 0.15) is 11.0 Å². The van der Waals surface area contributed by atoms with Gasteiger partial charge in [0, 0.05) is 11.0 Å². The van der Waals surface area contributed by atoms with Gasteiger partial charge in [-0.15, -0.1) is 0 Å². The quantitative estimate of drug-likeness (QED) is 0.729. The van der Waals surface area contributed by atoms with Gasteiger partial charge in [0.15, 0.2) is 0 Å². The third-order valence-corrected chi connectivity index (χ3v) is 1.36. The summed E-state index contributed by atoms with van der Waals surface area (Å²) < 4.78 is 25.6. The summed E-state index contributed by atoms with van der Waals surface area (Å²) in [6.45, 7) is -2.65. The van der Waals surface area contributed by atoms with Gasteiger partial charge >= 0.3 is 0 Å². The Bertz CT molecular complexity index is 363. The van der Waals surface area contributed by atoms with E-state index >= 15 is 0 Å². The van der Waals surface area contributed by atoms with E-state index in [9.17, 15) is 4.79 Å². The fourth-order valence-electron chi connectivity index (χ4n) is 0.870. The Morgan fingerprint density at radius 1 is 1.58 bits per heavy atom. The lowest BCUT2D eigenvalue weighted by Crippen LogP contribution is -2.06. The molecule has 1 aromatic rings. The first-order valence-corrected chi connectivity index (χ1v) is 3.39. The summed E-state index contributed by atoms with van der Waals surface area (Å²) in [5.74, 6) is -0.595. The number of methoxy groups -OCH3 is 1. The number of hydrogen-bond acceptors (Lipinski definition) is 2. The zero-order valence-electron chi connectivity index (χ0n) is 9.63. The largest absolute Gasteiger partial charge is 0.495 e. The predicted octanol–water partition coefficient (Wildman–Crippen LogP) is 1.65. The molecule has 0 fully saturated rings. The van der Waals surface area contributed by atoms with E-state index in [0.717, 1.165) is 0 Å². The molecule has 64 valence electrons. The van der Waals surface area contributed by atoms with Crippen LogP contribution in [0.15, 0.2) is 24.3 Å². The molecule has 0 unspecified atom stereocenters. The van der Waals surface area contributed by atoms with Gasteiger partial charge in [0.25, 0.3) is 0 Å². The molecule has 0 heterocycles. The molecule has 0 atom stereocenters. The standard InChI is InChI=1S/C9H11NO2/c1-7(11)10-8-5-3-4-6-9(8)12-2/h3-6H,1-2H3,(H,10,11)/i1D3. The number of hydrogen-bond donors (Lipinski definition) is 1. The molecule has 0 aromatic heterocycles. The Labute approximate surface area is 75.6 Å². The minimum atomic E-state index is -2.65. The Hall–Kier alpha value is -1.51. The maximum Gasteiger partial charge on any atom is 0.221 e. The van der Waals surface area contributed by atoms with Gasteiger partial charge in [-0.05, 0) is 12.1 Å². The van der Waals surface area contributed by atoms with Crippen molar-refractivity contribution in [3.8, 4) is 5.75 Å². The maximum absolute atomic E-state index is 11.2. The topological polar surface area (TPSA) is 38.3 Å². The van der Waals surface area contributed by atoms with Gasteiger partial charge in [0.1, 0.15) is 5.75 Å². The van der Waals surface area contributed by atoms with Crippen molar-refractivity contribution in [1.82, 2.24) is 0 Å². The average Bonchev–Trinajstić information content (AvgIpc) is 2.17. The van der Waals surface area contributed by atoms with E-state index in [0.29, 0.717) is 11.4 Å². The Morgan fingerprint density at radius 2 is 2.33 bits per heavy atom. The minimum Gasteiger partial charge on any atom is -0.495 e. The third kappa shape index (κ3) is 1.99. The first-order chi connectivity index (χ1) is 6.95. The van der Waals surface area contributed by atoms with Crippen molar-refractivity contribution in [2.45, 2.75) is 6.85 Å². The Balaban J connectivity index is 2.85. The van der Waals surface area contributed by atoms with Gasteiger partial charge < -0.3 is 10.1 Å². The molecule has 3 heteroatoms. The predicted molar refractivity (Wildman–Crippen MR) is 47.3 cm³/mol. The number of anilines is 1. The van der Waals surface area contributed by atoms with Crippen LogP contribution in [0.25, 0.3) is 0 Å². The van der Waals surface area contributed by atoms with Crippen LogP contribution < -0.4 is 10.1 Å². The van der Waals surface area contributed by atoms with Gasteiger partial charge in [-0.25, -0.2) is 0 Å². The number of rotatable bonds is 2. The van der Waals surface area contributed by atoms with Crippen LogP contribution in [-0.4, -0.2) is 13.0 Å². The monoisotopic (exact) mass is 168 g/mol. The van der Waals surface area contributed by atoms with Crippen molar-refractivity contribution in [1.29, 1.82) is 0 Å². The SMILES string of the molecule is [2H]C([2H])([2H])C(=O)Nc1ccccc1OC. The normalized spacial score (nSPS) is 13.9. The summed E-state index contributed by atoms with van der Waals surface area (Å²) >= 11 is 0. The fourth-order valence-corrected chi connectivity index (χ4v) is 0.870. The average molecular weight is 168 g/mol. The molecule has 0 spiro atoms. The highest BCUT2D eigenvalue weighted by molar-refractivity contribution is 5.90. The zero-order valence-corrected chi connectivity index (χ0v) is 6.63. The summed E-state index contributed by atoms with van der Waals surface area (Å²) in [5.41, 5.74) is 0.348. The van der Waals surface area contributed by atoms with E-state index in [-0.39, 0.29) is 0 Å². The van der Waals surface area contributed by atoms with E-state index in [1.807, 2.05) is 0 Å². The zero-order chi connectivity index (χ0) is 11.5. The summed E-state index contributed by atoms with van der Waals surface area (Å²) in [6, 6.07) is 6.61. The van der Waals surface area contributed by atoms with Crippen molar-refractivity contribution in [3.63, 3.8) is 0 Å². The summed E-state index contributed by atoms with van der Waals surface area (Å²) in [6.07, 6.45) is 0. The van der Waals surface area contributed by atoms with Crippen LogP contribution in [0.3, 0.4) is 0 Å². The van der Waals surface area contributed by atoms with Crippen molar-refractivity contribution >= 4 is 11.6 Å². The molecule has 0 saturated carbocycles. The second kappa shape index (κ2) is 3.76. The Kier molecular flexibility index (Phi) is 1.63. The highest BCUT2D eigenvalue weighted by Gasteiger charge is 2.01. The van der Waals surface area contributed by atoms with Gasteiger partial charge in [0.05, 0.1) is 12.8 Å². The molecule has 1 amide bonds. The van der Waals surface area contributed by atoms with Crippen LogP contribution in [-0.2, 0) is 4.79 Å². The van der Waals surface area contributed by atoms with Gasteiger partial charge in [-0.2, -0.15) is 0 Å². The summed E-state index contributed by atoms with van der Waals surface area (Å²) in [4.78, 5) is 11.2. The molecule has 0 aliphatic heterocycles. The first-order valence-electron chi connectivity index (χ1n) is 4.89. The molecule has 0 radical (unpaired) electrons. The summed E-state index contributed by atoms with van der Waals surface area (Å²) in [5, 5.41) is 2.27. The smallest absolute Gasteiger partial charge is 0.221 e. The molecule has 3 nitrogen and oxygen atoms in total. The first kappa shape index (κ1) is 5.19. The van der Waals surface area contributed by atoms with E-state index in [4.69, 9.17) is 8.85 Å². The van der Waals surface area contributed by atoms with Crippen LogP contribution >= 0.6 is 0 Å².